The average molecular weight is 258 g/mol. The van der Waals surface area contributed by atoms with Crippen molar-refractivity contribution in [2.75, 3.05) is 0 Å². The molecule has 0 N–H and O–H groups in total. The van der Waals surface area contributed by atoms with Gasteiger partial charge in [-0.15, -0.1) is 0 Å². The standard InChI is InChI=1S/C19H14O/c1-2-14-8-9-17-13-18(11-10-16(17)12-14)19(20)15-6-4-3-5-7-15/h2-13H,1H2. The highest BCUT2D eigenvalue weighted by Gasteiger charge is 2.08. The minimum absolute atomic E-state index is 0.0558. The molecule has 3 aromatic carbocycles. The van der Waals surface area contributed by atoms with Crippen molar-refractivity contribution in [2.24, 2.45) is 0 Å². The van der Waals surface area contributed by atoms with Gasteiger partial charge in [0.1, 0.15) is 0 Å². The van der Waals surface area contributed by atoms with Crippen LogP contribution >= 0.6 is 0 Å². The van der Waals surface area contributed by atoms with Crippen molar-refractivity contribution in [1.29, 1.82) is 0 Å². The summed E-state index contributed by atoms with van der Waals surface area (Å²) >= 11 is 0. The molecule has 20 heavy (non-hydrogen) atoms. The maximum Gasteiger partial charge on any atom is 0.193 e. The number of benzene rings is 3. The SMILES string of the molecule is C=Cc1ccc2cc(C(=O)c3ccccc3)ccc2c1. The first kappa shape index (κ1) is 12.4. The van der Waals surface area contributed by atoms with E-state index in [4.69, 9.17) is 0 Å². The molecule has 0 saturated carbocycles. The summed E-state index contributed by atoms with van der Waals surface area (Å²) in [4.78, 5) is 12.4. The Balaban J connectivity index is 2.05. The van der Waals surface area contributed by atoms with Gasteiger partial charge in [0, 0.05) is 11.1 Å². The molecule has 0 spiro atoms. The Morgan fingerprint density at radius 3 is 2.25 bits per heavy atom. The number of hydrogen-bond donors (Lipinski definition) is 0. The smallest absolute Gasteiger partial charge is 0.193 e. The lowest BCUT2D eigenvalue weighted by atomic mass is 9.99. The number of rotatable bonds is 3. The van der Waals surface area contributed by atoms with Crippen molar-refractivity contribution in [1.82, 2.24) is 0 Å². The number of hydrogen-bond acceptors (Lipinski definition) is 1. The van der Waals surface area contributed by atoms with Crippen LogP contribution < -0.4 is 0 Å². The Kier molecular flexibility index (Phi) is 3.18. The quantitative estimate of drug-likeness (QED) is 0.621. The van der Waals surface area contributed by atoms with Crippen LogP contribution in [0.25, 0.3) is 16.8 Å². The Morgan fingerprint density at radius 2 is 1.50 bits per heavy atom. The number of ketones is 1. The Hall–Kier alpha value is -2.67. The monoisotopic (exact) mass is 258 g/mol. The molecule has 0 heterocycles. The highest BCUT2D eigenvalue weighted by Crippen LogP contribution is 2.20. The van der Waals surface area contributed by atoms with Crippen LogP contribution in [0.15, 0.2) is 73.3 Å². The third kappa shape index (κ3) is 2.26. The lowest BCUT2D eigenvalue weighted by Gasteiger charge is -2.04. The van der Waals surface area contributed by atoms with E-state index in [9.17, 15) is 4.79 Å². The molecule has 0 amide bonds. The van der Waals surface area contributed by atoms with Gasteiger partial charge < -0.3 is 0 Å². The minimum atomic E-state index is 0.0558. The zero-order valence-electron chi connectivity index (χ0n) is 11.0. The van der Waals surface area contributed by atoms with Crippen LogP contribution in [0.4, 0.5) is 0 Å². The first-order chi connectivity index (χ1) is 9.78. The molecule has 1 heteroatoms. The van der Waals surface area contributed by atoms with Crippen molar-refractivity contribution in [3.8, 4) is 0 Å². The lowest BCUT2D eigenvalue weighted by Crippen LogP contribution is -2.00. The van der Waals surface area contributed by atoms with E-state index in [1.165, 1.54) is 0 Å². The van der Waals surface area contributed by atoms with Crippen LogP contribution in [-0.2, 0) is 0 Å². The zero-order chi connectivity index (χ0) is 13.9. The van der Waals surface area contributed by atoms with E-state index in [-0.39, 0.29) is 5.78 Å². The molecule has 0 radical (unpaired) electrons. The molecule has 0 bridgehead atoms. The Bertz CT molecular complexity index is 785. The van der Waals surface area contributed by atoms with Crippen LogP contribution in [0.2, 0.25) is 0 Å². The van der Waals surface area contributed by atoms with Gasteiger partial charge in [0.05, 0.1) is 0 Å². The molecule has 0 unspecified atom stereocenters. The molecule has 0 saturated heterocycles. The van der Waals surface area contributed by atoms with Crippen LogP contribution in [0.1, 0.15) is 21.5 Å². The number of fused-ring (bicyclic) bond motifs is 1. The van der Waals surface area contributed by atoms with Crippen LogP contribution in [0, 0.1) is 0 Å². The van der Waals surface area contributed by atoms with Gasteiger partial charge in [0.2, 0.25) is 0 Å². The number of carbonyl (C=O) groups is 1. The van der Waals surface area contributed by atoms with Gasteiger partial charge >= 0.3 is 0 Å². The summed E-state index contributed by atoms with van der Waals surface area (Å²) in [6.45, 7) is 3.77. The molecule has 1 nitrogen and oxygen atoms in total. The van der Waals surface area contributed by atoms with E-state index in [2.05, 4.69) is 12.6 Å². The maximum atomic E-state index is 12.4. The summed E-state index contributed by atoms with van der Waals surface area (Å²) in [7, 11) is 0. The minimum Gasteiger partial charge on any atom is -0.289 e. The Morgan fingerprint density at radius 1 is 0.800 bits per heavy atom. The van der Waals surface area contributed by atoms with Gasteiger partial charge in [-0.3, -0.25) is 4.79 Å². The summed E-state index contributed by atoms with van der Waals surface area (Å²) in [5.41, 5.74) is 2.52. The second-order valence-electron chi connectivity index (χ2n) is 4.72. The molecule has 0 aliphatic heterocycles. The summed E-state index contributed by atoms with van der Waals surface area (Å²) in [5.74, 6) is 0.0558. The van der Waals surface area contributed by atoms with Gasteiger partial charge in [-0.05, 0) is 28.5 Å². The fourth-order valence-electron chi connectivity index (χ4n) is 2.29. The molecule has 0 aliphatic carbocycles. The van der Waals surface area contributed by atoms with Gasteiger partial charge in [0.25, 0.3) is 0 Å². The van der Waals surface area contributed by atoms with Crippen LogP contribution in [-0.4, -0.2) is 5.78 Å². The van der Waals surface area contributed by atoms with E-state index in [1.807, 2.05) is 66.7 Å². The topological polar surface area (TPSA) is 17.1 Å². The molecular weight excluding hydrogens is 244 g/mol. The molecule has 0 fully saturated rings. The normalized spacial score (nSPS) is 10.4. The molecule has 96 valence electrons. The molecule has 0 aliphatic rings. The van der Waals surface area contributed by atoms with Crippen LogP contribution in [0.3, 0.4) is 0 Å². The van der Waals surface area contributed by atoms with Crippen LogP contribution in [0.5, 0.6) is 0 Å². The fraction of sp³-hybridized carbons (Fsp3) is 0. The van der Waals surface area contributed by atoms with E-state index >= 15 is 0 Å². The summed E-state index contributed by atoms with van der Waals surface area (Å²) < 4.78 is 0. The predicted molar refractivity (Wildman–Crippen MR) is 83.9 cm³/mol. The maximum absolute atomic E-state index is 12.4. The zero-order valence-corrected chi connectivity index (χ0v) is 11.0. The second kappa shape index (κ2) is 5.14. The highest BCUT2D eigenvalue weighted by atomic mass is 16.1. The predicted octanol–water partition coefficient (Wildman–Crippen LogP) is 4.71. The highest BCUT2D eigenvalue weighted by molar-refractivity contribution is 6.10. The molecule has 3 aromatic rings. The molecule has 0 aromatic heterocycles. The van der Waals surface area contributed by atoms with Gasteiger partial charge in [0.15, 0.2) is 5.78 Å². The average Bonchev–Trinajstić information content (AvgIpc) is 2.54. The third-order valence-electron chi connectivity index (χ3n) is 3.40. The van der Waals surface area contributed by atoms with Gasteiger partial charge in [-0.25, -0.2) is 0 Å². The van der Waals surface area contributed by atoms with E-state index in [0.29, 0.717) is 0 Å². The lowest BCUT2D eigenvalue weighted by molar-refractivity contribution is 0.103. The third-order valence-corrected chi connectivity index (χ3v) is 3.40. The van der Waals surface area contributed by atoms with Crippen molar-refractivity contribution >= 4 is 22.6 Å². The van der Waals surface area contributed by atoms with Crippen molar-refractivity contribution in [2.45, 2.75) is 0 Å². The Labute approximate surface area is 118 Å². The van der Waals surface area contributed by atoms with Gasteiger partial charge in [-0.1, -0.05) is 67.3 Å². The van der Waals surface area contributed by atoms with E-state index in [0.717, 1.165) is 27.5 Å². The van der Waals surface area contributed by atoms with Crippen molar-refractivity contribution in [3.63, 3.8) is 0 Å². The largest absolute Gasteiger partial charge is 0.289 e. The van der Waals surface area contributed by atoms with E-state index < -0.39 is 0 Å². The van der Waals surface area contributed by atoms with Crippen molar-refractivity contribution < 1.29 is 4.79 Å². The number of carbonyl (C=O) groups excluding carboxylic acids is 1. The van der Waals surface area contributed by atoms with Gasteiger partial charge in [-0.2, -0.15) is 0 Å². The van der Waals surface area contributed by atoms with E-state index in [1.54, 1.807) is 0 Å². The molecule has 0 atom stereocenters. The second-order valence-corrected chi connectivity index (χ2v) is 4.72. The summed E-state index contributed by atoms with van der Waals surface area (Å²) in [6.07, 6.45) is 1.82. The first-order valence-electron chi connectivity index (χ1n) is 6.54. The first-order valence-corrected chi connectivity index (χ1v) is 6.54. The summed E-state index contributed by atoms with van der Waals surface area (Å²) in [5, 5.41) is 2.18. The summed E-state index contributed by atoms with van der Waals surface area (Å²) in [6, 6.07) is 21.3. The van der Waals surface area contributed by atoms with Crippen molar-refractivity contribution in [3.05, 3.63) is 90.0 Å². The molecular formula is C19H14O. The fourth-order valence-corrected chi connectivity index (χ4v) is 2.29. The molecule has 3 rings (SSSR count).